The Balaban J connectivity index is 1.83. The van der Waals surface area contributed by atoms with Crippen LogP contribution in [-0.2, 0) is 13.1 Å². The fraction of sp³-hybridized carbons (Fsp3) is 0.765. The molecular weight excluding hydrogens is 248 g/mol. The van der Waals surface area contributed by atoms with Gasteiger partial charge in [0.1, 0.15) is 5.76 Å². The second kappa shape index (κ2) is 6.77. The van der Waals surface area contributed by atoms with Crippen LogP contribution in [-0.4, -0.2) is 23.5 Å². The molecule has 0 aliphatic heterocycles. The quantitative estimate of drug-likeness (QED) is 0.784. The molecule has 1 aromatic rings. The van der Waals surface area contributed by atoms with Crippen molar-refractivity contribution in [1.82, 2.24) is 10.2 Å². The number of furan rings is 1. The Kier molecular flexibility index (Phi) is 5.28. The molecule has 0 bridgehead atoms. The summed E-state index contributed by atoms with van der Waals surface area (Å²) in [6.07, 6.45) is 5.94. The van der Waals surface area contributed by atoms with Crippen LogP contribution in [0.15, 0.2) is 16.7 Å². The van der Waals surface area contributed by atoms with Gasteiger partial charge in [0.05, 0.1) is 12.8 Å². The molecule has 1 heterocycles. The van der Waals surface area contributed by atoms with Crippen molar-refractivity contribution in [3.63, 3.8) is 0 Å². The average Bonchev–Trinajstić information content (AvgIpc) is 3.04. The van der Waals surface area contributed by atoms with Crippen molar-refractivity contribution in [3.8, 4) is 0 Å². The first kappa shape index (κ1) is 15.6. The van der Waals surface area contributed by atoms with Crippen molar-refractivity contribution >= 4 is 0 Å². The van der Waals surface area contributed by atoms with E-state index in [-0.39, 0.29) is 5.54 Å². The predicted octanol–water partition coefficient (Wildman–Crippen LogP) is 3.79. The van der Waals surface area contributed by atoms with E-state index in [0.29, 0.717) is 0 Å². The van der Waals surface area contributed by atoms with Crippen molar-refractivity contribution in [2.75, 3.05) is 13.1 Å². The molecule has 0 atom stereocenters. The molecule has 0 amide bonds. The van der Waals surface area contributed by atoms with E-state index >= 15 is 0 Å². The van der Waals surface area contributed by atoms with Crippen LogP contribution >= 0.6 is 0 Å². The maximum absolute atomic E-state index is 5.73. The van der Waals surface area contributed by atoms with E-state index in [1.165, 1.54) is 37.9 Å². The molecule has 0 saturated heterocycles. The Morgan fingerprint density at radius 1 is 1.35 bits per heavy atom. The van der Waals surface area contributed by atoms with Gasteiger partial charge >= 0.3 is 0 Å². The first-order valence-electron chi connectivity index (χ1n) is 8.00. The van der Waals surface area contributed by atoms with Gasteiger partial charge in [0.2, 0.25) is 0 Å². The molecule has 3 nitrogen and oxygen atoms in total. The van der Waals surface area contributed by atoms with Gasteiger partial charge in [0.25, 0.3) is 0 Å². The number of hydrogen-bond acceptors (Lipinski definition) is 3. The van der Waals surface area contributed by atoms with Gasteiger partial charge in [-0.3, -0.25) is 4.90 Å². The fourth-order valence-corrected chi connectivity index (χ4v) is 2.41. The van der Waals surface area contributed by atoms with E-state index in [4.69, 9.17) is 4.42 Å². The van der Waals surface area contributed by atoms with Crippen molar-refractivity contribution in [1.29, 1.82) is 0 Å². The highest BCUT2D eigenvalue weighted by Crippen LogP contribution is 2.30. The standard InChI is InChI=1S/C17H30N2O/c1-5-8-19(11-14-6-7-14)12-16-9-15(13-20-16)10-18-17(2,3)4/h9,13-14,18H,5-8,10-12H2,1-4H3. The first-order chi connectivity index (χ1) is 9.46. The van der Waals surface area contributed by atoms with Crippen molar-refractivity contribution in [2.45, 2.75) is 65.6 Å². The Labute approximate surface area is 123 Å². The Bertz CT molecular complexity index is 401. The van der Waals surface area contributed by atoms with Crippen molar-refractivity contribution < 1.29 is 4.42 Å². The van der Waals surface area contributed by atoms with Crippen LogP contribution in [0.1, 0.15) is 58.3 Å². The molecule has 2 rings (SSSR count). The zero-order valence-electron chi connectivity index (χ0n) is 13.5. The van der Waals surface area contributed by atoms with Crippen LogP contribution < -0.4 is 5.32 Å². The third kappa shape index (κ3) is 5.68. The van der Waals surface area contributed by atoms with Gasteiger partial charge in [-0.1, -0.05) is 6.92 Å². The molecule has 114 valence electrons. The highest BCUT2D eigenvalue weighted by atomic mass is 16.3. The summed E-state index contributed by atoms with van der Waals surface area (Å²) in [6.45, 7) is 13.1. The molecular formula is C17H30N2O. The van der Waals surface area contributed by atoms with E-state index < -0.39 is 0 Å². The summed E-state index contributed by atoms with van der Waals surface area (Å²) >= 11 is 0. The summed E-state index contributed by atoms with van der Waals surface area (Å²) in [5.41, 5.74) is 1.40. The van der Waals surface area contributed by atoms with Crippen LogP contribution in [0.25, 0.3) is 0 Å². The van der Waals surface area contributed by atoms with E-state index in [1.54, 1.807) is 0 Å². The van der Waals surface area contributed by atoms with Crippen LogP contribution in [0.3, 0.4) is 0 Å². The third-order valence-corrected chi connectivity index (χ3v) is 3.66. The van der Waals surface area contributed by atoms with Gasteiger partial charge in [-0.15, -0.1) is 0 Å². The third-order valence-electron chi connectivity index (χ3n) is 3.66. The lowest BCUT2D eigenvalue weighted by molar-refractivity contribution is 0.235. The number of hydrogen-bond donors (Lipinski definition) is 1. The molecule has 0 spiro atoms. The first-order valence-corrected chi connectivity index (χ1v) is 8.00. The molecule has 1 aromatic heterocycles. The number of nitrogens with zero attached hydrogens (tertiary/aromatic N) is 1. The molecule has 0 aromatic carbocycles. The topological polar surface area (TPSA) is 28.4 Å². The molecule has 1 fully saturated rings. The van der Waals surface area contributed by atoms with Gasteiger partial charge in [0.15, 0.2) is 0 Å². The minimum Gasteiger partial charge on any atom is -0.468 e. The second-order valence-corrected chi connectivity index (χ2v) is 7.20. The summed E-state index contributed by atoms with van der Waals surface area (Å²) < 4.78 is 5.73. The highest BCUT2D eigenvalue weighted by molar-refractivity contribution is 5.13. The summed E-state index contributed by atoms with van der Waals surface area (Å²) in [7, 11) is 0. The van der Waals surface area contributed by atoms with Gasteiger partial charge in [-0.05, 0) is 58.6 Å². The lowest BCUT2D eigenvalue weighted by atomic mass is 10.1. The van der Waals surface area contributed by atoms with Crippen LogP contribution in [0.2, 0.25) is 0 Å². The molecule has 0 unspecified atom stereocenters. The highest BCUT2D eigenvalue weighted by Gasteiger charge is 2.24. The van der Waals surface area contributed by atoms with Gasteiger partial charge in [-0.25, -0.2) is 0 Å². The molecule has 0 radical (unpaired) electrons. The van der Waals surface area contributed by atoms with Gasteiger partial charge in [-0.2, -0.15) is 0 Å². The molecule has 1 aliphatic carbocycles. The minimum atomic E-state index is 0.150. The second-order valence-electron chi connectivity index (χ2n) is 7.20. The Morgan fingerprint density at radius 2 is 2.10 bits per heavy atom. The zero-order valence-corrected chi connectivity index (χ0v) is 13.5. The molecule has 1 aliphatic rings. The molecule has 1 saturated carbocycles. The predicted molar refractivity (Wildman–Crippen MR) is 83.6 cm³/mol. The van der Waals surface area contributed by atoms with Crippen LogP contribution in [0, 0.1) is 5.92 Å². The largest absolute Gasteiger partial charge is 0.468 e. The lowest BCUT2D eigenvalue weighted by Crippen LogP contribution is -2.34. The fourth-order valence-electron chi connectivity index (χ4n) is 2.41. The molecule has 1 N–H and O–H groups in total. The van der Waals surface area contributed by atoms with E-state index in [1.807, 2.05) is 6.26 Å². The van der Waals surface area contributed by atoms with E-state index in [9.17, 15) is 0 Å². The van der Waals surface area contributed by atoms with Gasteiger partial charge < -0.3 is 9.73 Å². The van der Waals surface area contributed by atoms with Crippen molar-refractivity contribution in [2.24, 2.45) is 5.92 Å². The van der Waals surface area contributed by atoms with Gasteiger partial charge in [0, 0.05) is 24.2 Å². The summed E-state index contributed by atoms with van der Waals surface area (Å²) in [4.78, 5) is 2.54. The molecule has 20 heavy (non-hydrogen) atoms. The zero-order chi connectivity index (χ0) is 14.6. The molecule has 3 heteroatoms. The normalized spacial score (nSPS) is 16.1. The Morgan fingerprint density at radius 3 is 2.70 bits per heavy atom. The monoisotopic (exact) mass is 278 g/mol. The number of rotatable bonds is 8. The maximum atomic E-state index is 5.73. The van der Waals surface area contributed by atoms with E-state index in [2.05, 4.69) is 44.0 Å². The summed E-state index contributed by atoms with van der Waals surface area (Å²) in [5, 5.41) is 3.50. The minimum absolute atomic E-state index is 0.150. The smallest absolute Gasteiger partial charge is 0.118 e. The lowest BCUT2D eigenvalue weighted by Gasteiger charge is -2.20. The van der Waals surface area contributed by atoms with Crippen LogP contribution in [0.4, 0.5) is 0 Å². The summed E-state index contributed by atoms with van der Waals surface area (Å²) in [6, 6.07) is 2.20. The SMILES string of the molecule is CCCN(Cc1cc(CNC(C)(C)C)co1)CC1CC1. The number of nitrogens with one attached hydrogen (secondary N) is 1. The van der Waals surface area contributed by atoms with E-state index in [0.717, 1.165) is 24.8 Å². The summed E-state index contributed by atoms with van der Waals surface area (Å²) in [5.74, 6) is 2.04. The van der Waals surface area contributed by atoms with Crippen molar-refractivity contribution in [3.05, 3.63) is 23.7 Å². The average molecular weight is 278 g/mol. The maximum Gasteiger partial charge on any atom is 0.118 e. The van der Waals surface area contributed by atoms with Crippen LogP contribution in [0.5, 0.6) is 0 Å². The Hall–Kier alpha value is -0.800.